The molecule has 0 fully saturated rings. The molecule has 4 nitrogen and oxygen atoms in total. The molecule has 0 spiro atoms. The molecule has 2 aromatic heterocycles. The summed E-state index contributed by atoms with van der Waals surface area (Å²) in [6.45, 7) is 4.31. The summed E-state index contributed by atoms with van der Waals surface area (Å²) < 4.78 is 1.85. The third-order valence-corrected chi connectivity index (χ3v) is 3.97. The number of aromatic nitrogens is 2. The molecule has 0 N–H and O–H groups in total. The minimum atomic E-state index is 0.429. The summed E-state index contributed by atoms with van der Waals surface area (Å²) >= 11 is 1.55. The van der Waals surface area contributed by atoms with Crippen molar-refractivity contribution in [3.8, 4) is 0 Å². The van der Waals surface area contributed by atoms with Gasteiger partial charge in [-0.2, -0.15) is 0 Å². The highest BCUT2D eigenvalue weighted by atomic mass is 32.1. The van der Waals surface area contributed by atoms with Gasteiger partial charge in [-0.25, -0.2) is 4.98 Å². The Bertz CT molecular complexity index is 513. The number of fused-ring (bicyclic) bond motifs is 1. The van der Waals surface area contributed by atoms with Gasteiger partial charge in [0, 0.05) is 24.7 Å². The lowest BCUT2D eigenvalue weighted by atomic mass is 10.1. The number of hydrogen-bond donors (Lipinski definition) is 0. The van der Waals surface area contributed by atoms with Crippen molar-refractivity contribution >= 4 is 28.4 Å². The molecule has 0 aliphatic carbocycles. The lowest BCUT2D eigenvalue weighted by Gasteiger charge is -2.26. The summed E-state index contributed by atoms with van der Waals surface area (Å²) in [4.78, 5) is 18.7. The van der Waals surface area contributed by atoms with Crippen molar-refractivity contribution in [1.29, 1.82) is 0 Å². The Labute approximate surface area is 105 Å². The molecule has 0 atom stereocenters. The quantitative estimate of drug-likeness (QED) is 0.767. The zero-order chi connectivity index (χ0) is 12.4. The molecule has 92 valence electrons. The van der Waals surface area contributed by atoms with E-state index in [1.54, 1.807) is 11.3 Å². The summed E-state index contributed by atoms with van der Waals surface area (Å²) in [5.74, 6) is 0.792. The van der Waals surface area contributed by atoms with Crippen LogP contribution >= 0.6 is 11.3 Å². The molecule has 0 saturated carbocycles. The van der Waals surface area contributed by atoms with Crippen LogP contribution in [0.25, 0.3) is 4.96 Å². The average molecular weight is 251 g/mol. The number of nitrogens with zero attached hydrogens (tertiary/aromatic N) is 3. The number of anilines is 1. The molecule has 0 amide bonds. The molecule has 0 saturated heterocycles. The molecule has 0 aliphatic heterocycles. The lowest BCUT2D eigenvalue weighted by molar-refractivity contribution is 0.111. The van der Waals surface area contributed by atoms with Crippen LogP contribution in [0.5, 0.6) is 0 Å². The second kappa shape index (κ2) is 4.87. The number of aldehydes is 1. The van der Waals surface area contributed by atoms with Crippen molar-refractivity contribution in [3.63, 3.8) is 0 Å². The summed E-state index contributed by atoms with van der Waals surface area (Å²) in [5.41, 5.74) is 0.649. The Kier molecular flexibility index (Phi) is 3.47. The molecule has 17 heavy (non-hydrogen) atoms. The largest absolute Gasteiger partial charge is 0.355 e. The Morgan fingerprint density at radius 3 is 2.82 bits per heavy atom. The van der Waals surface area contributed by atoms with Gasteiger partial charge in [-0.3, -0.25) is 9.20 Å². The Morgan fingerprint density at radius 1 is 1.53 bits per heavy atom. The van der Waals surface area contributed by atoms with E-state index in [0.717, 1.165) is 29.9 Å². The monoisotopic (exact) mass is 251 g/mol. The van der Waals surface area contributed by atoms with Crippen LogP contribution in [-0.2, 0) is 0 Å². The van der Waals surface area contributed by atoms with Gasteiger partial charge in [-0.1, -0.05) is 13.8 Å². The Hall–Kier alpha value is -1.36. The first-order valence-electron chi connectivity index (χ1n) is 5.86. The second-order valence-electron chi connectivity index (χ2n) is 4.08. The van der Waals surface area contributed by atoms with Gasteiger partial charge in [0.25, 0.3) is 0 Å². The number of carbonyl (C=O) groups excluding carboxylic acids is 1. The maximum atomic E-state index is 11.2. The van der Waals surface area contributed by atoms with Gasteiger partial charge in [0.2, 0.25) is 0 Å². The topological polar surface area (TPSA) is 37.6 Å². The van der Waals surface area contributed by atoms with Crippen molar-refractivity contribution in [2.45, 2.75) is 32.7 Å². The van der Waals surface area contributed by atoms with Crippen LogP contribution in [0.3, 0.4) is 0 Å². The van der Waals surface area contributed by atoms with Gasteiger partial charge in [0.1, 0.15) is 5.69 Å². The normalized spacial score (nSPS) is 11.3. The summed E-state index contributed by atoms with van der Waals surface area (Å²) in [7, 11) is 2.01. The standard InChI is InChI=1S/C12H17N3OS/c1-4-9(5-2)14(3)11-10(8-16)15-6-7-17-12(15)13-11/h6-9H,4-5H2,1-3H3. The third-order valence-electron chi connectivity index (χ3n) is 3.22. The molecular formula is C12H17N3OS. The highest BCUT2D eigenvalue weighted by Crippen LogP contribution is 2.25. The minimum absolute atomic E-state index is 0.429. The smallest absolute Gasteiger partial charge is 0.196 e. The van der Waals surface area contributed by atoms with Gasteiger partial charge in [0.05, 0.1) is 0 Å². The van der Waals surface area contributed by atoms with E-state index in [-0.39, 0.29) is 0 Å². The van der Waals surface area contributed by atoms with E-state index < -0.39 is 0 Å². The van der Waals surface area contributed by atoms with Gasteiger partial charge in [0.15, 0.2) is 17.1 Å². The SMILES string of the molecule is CCC(CC)N(C)c1nc2sccn2c1C=O. The maximum absolute atomic E-state index is 11.2. The molecule has 2 heterocycles. The second-order valence-corrected chi connectivity index (χ2v) is 4.95. The first kappa shape index (κ1) is 12.1. The number of thiazole rings is 1. The van der Waals surface area contributed by atoms with E-state index in [2.05, 4.69) is 23.7 Å². The predicted octanol–water partition coefficient (Wildman–Crippen LogP) is 2.83. The van der Waals surface area contributed by atoms with Crippen LogP contribution < -0.4 is 4.90 Å². The fraction of sp³-hybridized carbons (Fsp3) is 0.500. The van der Waals surface area contributed by atoms with Crippen LogP contribution in [0.15, 0.2) is 11.6 Å². The van der Waals surface area contributed by atoms with E-state index in [9.17, 15) is 4.79 Å². The first-order valence-corrected chi connectivity index (χ1v) is 6.74. The molecule has 2 rings (SSSR count). The Balaban J connectivity index is 2.46. The predicted molar refractivity (Wildman–Crippen MR) is 71.2 cm³/mol. The molecule has 5 heteroatoms. The van der Waals surface area contributed by atoms with E-state index in [1.165, 1.54) is 0 Å². The number of hydrogen-bond acceptors (Lipinski definition) is 4. The summed E-state index contributed by atoms with van der Waals surface area (Å²) in [5, 5.41) is 1.94. The molecular weight excluding hydrogens is 234 g/mol. The summed E-state index contributed by atoms with van der Waals surface area (Å²) in [6, 6.07) is 0.429. The molecule has 0 bridgehead atoms. The fourth-order valence-corrected chi connectivity index (χ4v) is 2.89. The van der Waals surface area contributed by atoms with Crippen LogP contribution in [0, 0.1) is 0 Å². The van der Waals surface area contributed by atoms with Gasteiger partial charge in [-0.15, -0.1) is 11.3 Å². The molecule has 0 radical (unpaired) electrons. The van der Waals surface area contributed by atoms with Crippen molar-refractivity contribution in [3.05, 3.63) is 17.3 Å². The van der Waals surface area contributed by atoms with Crippen LogP contribution in [-0.4, -0.2) is 28.8 Å². The maximum Gasteiger partial charge on any atom is 0.196 e. The first-order chi connectivity index (χ1) is 8.22. The van der Waals surface area contributed by atoms with Crippen LogP contribution in [0.4, 0.5) is 5.82 Å². The van der Waals surface area contributed by atoms with Crippen molar-refractivity contribution < 1.29 is 4.79 Å². The zero-order valence-electron chi connectivity index (χ0n) is 10.4. The van der Waals surface area contributed by atoms with Crippen LogP contribution in [0.1, 0.15) is 37.2 Å². The third kappa shape index (κ3) is 1.95. The highest BCUT2D eigenvalue weighted by molar-refractivity contribution is 7.15. The Morgan fingerprint density at radius 2 is 2.24 bits per heavy atom. The average Bonchev–Trinajstić information content (AvgIpc) is 2.89. The fourth-order valence-electron chi connectivity index (χ4n) is 2.17. The summed E-state index contributed by atoms with van der Waals surface area (Å²) in [6.07, 6.45) is 4.88. The molecule has 2 aromatic rings. The number of carbonyl (C=O) groups is 1. The van der Waals surface area contributed by atoms with E-state index in [0.29, 0.717) is 11.7 Å². The number of imidazole rings is 1. The van der Waals surface area contributed by atoms with Gasteiger partial charge in [-0.05, 0) is 12.8 Å². The number of rotatable bonds is 5. The van der Waals surface area contributed by atoms with Crippen LogP contribution in [0.2, 0.25) is 0 Å². The highest BCUT2D eigenvalue weighted by Gasteiger charge is 2.20. The van der Waals surface area contributed by atoms with Crippen molar-refractivity contribution in [1.82, 2.24) is 9.38 Å². The zero-order valence-corrected chi connectivity index (χ0v) is 11.2. The van der Waals surface area contributed by atoms with Gasteiger partial charge >= 0.3 is 0 Å². The molecule has 0 aliphatic rings. The van der Waals surface area contributed by atoms with Crippen molar-refractivity contribution in [2.24, 2.45) is 0 Å². The lowest BCUT2D eigenvalue weighted by Crippen LogP contribution is -2.31. The van der Waals surface area contributed by atoms with Crippen molar-refractivity contribution in [2.75, 3.05) is 11.9 Å². The van der Waals surface area contributed by atoms with Gasteiger partial charge < -0.3 is 4.90 Å². The molecule has 0 unspecified atom stereocenters. The van der Waals surface area contributed by atoms with E-state index >= 15 is 0 Å². The molecule has 0 aromatic carbocycles. The van der Waals surface area contributed by atoms with E-state index in [1.807, 2.05) is 23.0 Å². The minimum Gasteiger partial charge on any atom is -0.355 e. The van der Waals surface area contributed by atoms with E-state index in [4.69, 9.17) is 0 Å².